The molecule has 2 aromatic rings. The summed E-state index contributed by atoms with van der Waals surface area (Å²) in [5, 5.41) is 10.9. The summed E-state index contributed by atoms with van der Waals surface area (Å²) < 4.78 is 3.64. The van der Waals surface area contributed by atoms with Gasteiger partial charge in [0, 0.05) is 22.7 Å². The predicted octanol–water partition coefficient (Wildman–Crippen LogP) is 1.68. The van der Waals surface area contributed by atoms with Crippen molar-refractivity contribution in [1.29, 1.82) is 0 Å². The molecule has 1 saturated carbocycles. The number of aromatic nitrogens is 2. The number of hydrogen-bond donors (Lipinski definition) is 2. The van der Waals surface area contributed by atoms with Crippen LogP contribution in [0.25, 0.3) is 0 Å². The lowest BCUT2D eigenvalue weighted by molar-refractivity contribution is 0.0949. The first-order valence-corrected chi connectivity index (χ1v) is 7.05. The van der Waals surface area contributed by atoms with Crippen LogP contribution in [-0.2, 0) is 0 Å². The molecule has 3 rings (SSSR count). The fourth-order valence-electron chi connectivity index (χ4n) is 1.69. The van der Waals surface area contributed by atoms with E-state index in [2.05, 4.69) is 20.2 Å². The van der Waals surface area contributed by atoms with Gasteiger partial charge in [-0.25, -0.2) is 0 Å². The van der Waals surface area contributed by atoms with Gasteiger partial charge < -0.3 is 10.6 Å². The van der Waals surface area contributed by atoms with Crippen molar-refractivity contribution in [1.82, 2.24) is 14.9 Å². The molecule has 1 aliphatic carbocycles. The monoisotopic (exact) mass is 288 g/mol. The number of rotatable bonds is 4. The van der Waals surface area contributed by atoms with Crippen molar-refractivity contribution >= 4 is 29.0 Å². The van der Waals surface area contributed by atoms with Gasteiger partial charge in [0.05, 0.1) is 0 Å². The second-order valence-corrected chi connectivity index (χ2v) is 5.18. The molecule has 0 bridgehead atoms. The Morgan fingerprint density at radius 2 is 2.10 bits per heavy atom. The van der Waals surface area contributed by atoms with Crippen LogP contribution in [0.15, 0.2) is 29.6 Å². The molecule has 6 nitrogen and oxygen atoms in total. The topological polar surface area (TPSA) is 84.0 Å². The van der Waals surface area contributed by atoms with E-state index < -0.39 is 0 Å². The number of benzene rings is 1. The molecule has 0 saturated heterocycles. The fourth-order valence-corrected chi connectivity index (χ4v) is 2.13. The van der Waals surface area contributed by atoms with E-state index in [1.165, 1.54) is 0 Å². The van der Waals surface area contributed by atoms with Crippen LogP contribution in [0.2, 0.25) is 0 Å². The molecule has 0 spiro atoms. The first-order valence-electron chi connectivity index (χ1n) is 6.22. The van der Waals surface area contributed by atoms with Gasteiger partial charge in [0.15, 0.2) is 5.69 Å². The maximum absolute atomic E-state index is 11.9. The van der Waals surface area contributed by atoms with Gasteiger partial charge in [0.2, 0.25) is 0 Å². The van der Waals surface area contributed by atoms with E-state index in [0.717, 1.165) is 24.4 Å². The van der Waals surface area contributed by atoms with E-state index in [0.29, 0.717) is 17.3 Å². The number of nitrogens with one attached hydrogen (secondary N) is 2. The summed E-state index contributed by atoms with van der Waals surface area (Å²) in [6.07, 6.45) is 2.08. The molecular formula is C13H12N4O2S. The maximum atomic E-state index is 11.9. The predicted molar refractivity (Wildman–Crippen MR) is 74.8 cm³/mol. The third kappa shape index (κ3) is 3.00. The molecule has 1 aromatic carbocycles. The second kappa shape index (κ2) is 5.38. The van der Waals surface area contributed by atoms with Crippen molar-refractivity contribution in [2.45, 2.75) is 18.9 Å². The SMILES string of the molecule is O=C(NC1CC1)c1cccc(NC(=O)c2csnn2)c1. The minimum atomic E-state index is -0.335. The van der Waals surface area contributed by atoms with Crippen LogP contribution < -0.4 is 10.6 Å². The van der Waals surface area contributed by atoms with Gasteiger partial charge in [-0.1, -0.05) is 10.6 Å². The number of amides is 2. The van der Waals surface area contributed by atoms with Gasteiger partial charge in [-0.15, -0.1) is 5.10 Å². The lowest BCUT2D eigenvalue weighted by Gasteiger charge is -2.06. The molecule has 1 heterocycles. The summed E-state index contributed by atoms with van der Waals surface area (Å²) in [7, 11) is 0. The number of carbonyl (C=O) groups excluding carboxylic acids is 2. The largest absolute Gasteiger partial charge is 0.349 e. The van der Waals surface area contributed by atoms with Crippen LogP contribution >= 0.6 is 11.5 Å². The Bertz CT molecular complexity index is 638. The van der Waals surface area contributed by atoms with Gasteiger partial charge in [-0.2, -0.15) is 0 Å². The Hall–Kier alpha value is -2.28. The van der Waals surface area contributed by atoms with Gasteiger partial charge in [0.1, 0.15) is 0 Å². The number of carbonyl (C=O) groups is 2. The summed E-state index contributed by atoms with van der Waals surface area (Å²) >= 11 is 1.11. The molecule has 7 heteroatoms. The molecule has 0 atom stereocenters. The Kier molecular flexibility index (Phi) is 3.42. The number of anilines is 1. The number of nitrogens with zero attached hydrogens (tertiary/aromatic N) is 2. The zero-order chi connectivity index (χ0) is 13.9. The van der Waals surface area contributed by atoms with Crippen LogP contribution in [0.5, 0.6) is 0 Å². The highest BCUT2D eigenvalue weighted by molar-refractivity contribution is 7.03. The third-order valence-corrected chi connectivity index (χ3v) is 3.39. The van der Waals surface area contributed by atoms with Crippen LogP contribution in [0, 0.1) is 0 Å². The van der Waals surface area contributed by atoms with Crippen LogP contribution in [-0.4, -0.2) is 27.4 Å². The first kappa shape index (κ1) is 12.7. The van der Waals surface area contributed by atoms with Crippen molar-refractivity contribution in [2.75, 3.05) is 5.32 Å². The van der Waals surface area contributed by atoms with Gasteiger partial charge in [-0.05, 0) is 42.6 Å². The molecule has 1 aromatic heterocycles. The molecule has 1 aliphatic rings. The molecule has 0 unspecified atom stereocenters. The zero-order valence-corrected chi connectivity index (χ0v) is 11.3. The summed E-state index contributed by atoms with van der Waals surface area (Å²) in [5.41, 5.74) is 1.36. The van der Waals surface area contributed by atoms with Crippen molar-refractivity contribution in [3.63, 3.8) is 0 Å². The standard InChI is InChI=1S/C13H12N4O2S/c18-12(14-9-4-5-9)8-2-1-3-10(6-8)15-13(19)11-7-20-17-16-11/h1-3,6-7,9H,4-5H2,(H,14,18)(H,15,19). The highest BCUT2D eigenvalue weighted by atomic mass is 32.1. The van der Waals surface area contributed by atoms with Crippen LogP contribution in [0.1, 0.15) is 33.7 Å². The van der Waals surface area contributed by atoms with E-state index >= 15 is 0 Å². The molecule has 0 aliphatic heterocycles. The molecule has 2 amide bonds. The minimum Gasteiger partial charge on any atom is -0.349 e. The second-order valence-electron chi connectivity index (χ2n) is 4.57. The molecule has 2 N–H and O–H groups in total. The van der Waals surface area contributed by atoms with Gasteiger partial charge >= 0.3 is 0 Å². The normalized spacial score (nSPS) is 13.8. The average Bonchev–Trinajstić information content (AvgIpc) is 3.08. The lowest BCUT2D eigenvalue weighted by atomic mass is 10.2. The smallest absolute Gasteiger partial charge is 0.277 e. The summed E-state index contributed by atoms with van der Waals surface area (Å²) in [4.78, 5) is 23.8. The van der Waals surface area contributed by atoms with Crippen molar-refractivity contribution in [3.05, 3.63) is 40.9 Å². The van der Waals surface area contributed by atoms with Crippen molar-refractivity contribution in [3.8, 4) is 0 Å². The fraction of sp³-hybridized carbons (Fsp3) is 0.231. The van der Waals surface area contributed by atoms with E-state index in [1.807, 2.05) is 0 Å². The van der Waals surface area contributed by atoms with E-state index in [4.69, 9.17) is 0 Å². The highest BCUT2D eigenvalue weighted by Gasteiger charge is 2.23. The van der Waals surface area contributed by atoms with E-state index in [-0.39, 0.29) is 17.5 Å². The zero-order valence-electron chi connectivity index (χ0n) is 10.5. The van der Waals surface area contributed by atoms with Gasteiger partial charge in [-0.3, -0.25) is 9.59 Å². The summed E-state index contributed by atoms with van der Waals surface area (Å²) in [6.45, 7) is 0. The first-order chi connectivity index (χ1) is 9.72. The Labute approximate surface area is 119 Å². The molecule has 102 valence electrons. The Morgan fingerprint density at radius 3 is 2.80 bits per heavy atom. The van der Waals surface area contributed by atoms with E-state index in [1.54, 1.807) is 29.6 Å². The highest BCUT2D eigenvalue weighted by Crippen LogP contribution is 2.20. The molecular weight excluding hydrogens is 276 g/mol. The minimum absolute atomic E-state index is 0.112. The van der Waals surface area contributed by atoms with E-state index in [9.17, 15) is 9.59 Å². The van der Waals surface area contributed by atoms with Crippen LogP contribution in [0.3, 0.4) is 0 Å². The lowest BCUT2D eigenvalue weighted by Crippen LogP contribution is -2.25. The average molecular weight is 288 g/mol. The Morgan fingerprint density at radius 1 is 1.25 bits per heavy atom. The summed E-state index contributed by atoms with van der Waals surface area (Å²) in [5.74, 6) is -0.447. The maximum Gasteiger partial charge on any atom is 0.277 e. The number of hydrogen-bond acceptors (Lipinski definition) is 5. The summed E-state index contributed by atoms with van der Waals surface area (Å²) in [6, 6.07) is 7.14. The molecule has 1 fully saturated rings. The Balaban J connectivity index is 1.70. The quantitative estimate of drug-likeness (QED) is 0.896. The van der Waals surface area contributed by atoms with Crippen molar-refractivity contribution in [2.24, 2.45) is 0 Å². The molecule has 20 heavy (non-hydrogen) atoms. The van der Waals surface area contributed by atoms with Crippen molar-refractivity contribution < 1.29 is 9.59 Å². The molecule has 0 radical (unpaired) electrons. The van der Waals surface area contributed by atoms with Crippen LogP contribution in [0.4, 0.5) is 5.69 Å². The van der Waals surface area contributed by atoms with Gasteiger partial charge in [0.25, 0.3) is 11.8 Å². The third-order valence-electron chi connectivity index (χ3n) is 2.89.